The number of benzene rings is 2. The molecule has 0 bridgehead atoms. The molecular weight excluding hydrogens is 298 g/mol. The number of methoxy groups -OCH3 is 1. The van der Waals surface area contributed by atoms with E-state index in [-0.39, 0.29) is 12.0 Å². The first-order valence-electron chi connectivity index (χ1n) is 6.99. The van der Waals surface area contributed by atoms with Crippen molar-refractivity contribution in [3.05, 3.63) is 76.8 Å². The molecule has 22 heavy (non-hydrogen) atoms. The maximum atomic E-state index is 11.9. The first-order valence-corrected chi connectivity index (χ1v) is 7.36. The average Bonchev–Trinajstić information content (AvgIpc) is 2.56. The Balaban J connectivity index is 1.92. The van der Waals surface area contributed by atoms with Crippen LogP contribution < -0.4 is 5.32 Å². The Hall–Kier alpha value is -2.10. The van der Waals surface area contributed by atoms with E-state index in [0.29, 0.717) is 11.6 Å². The highest BCUT2D eigenvalue weighted by atomic mass is 35.5. The van der Waals surface area contributed by atoms with Crippen LogP contribution in [0.3, 0.4) is 0 Å². The van der Waals surface area contributed by atoms with Crippen LogP contribution in [-0.4, -0.2) is 19.6 Å². The number of hydrogen-bond acceptors (Lipinski definition) is 2. The number of amides is 1. The summed E-state index contributed by atoms with van der Waals surface area (Å²) in [7, 11) is 1.60. The van der Waals surface area contributed by atoms with E-state index < -0.39 is 0 Å². The third kappa shape index (κ3) is 4.72. The summed E-state index contributed by atoms with van der Waals surface area (Å²) >= 11 is 6.15. The van der Waals surface area contributed by atoms with Gasteiger partial charge in [0.05, 0.1) is 0 Å². The van der Waals surface area contributed by atoms with Crippen molar-refractivity contribution in [2.75, 3.05) is 13.7 Å². The zero-order valence-corrected chi connectivity index (χ0v) is 13.1. The van der Waals surface area contributed by atoms with E-state index in [1.807, 2.05) is 48.5 Å². The minimum absolute atomic E-state index is 0.169. The summed E-state index contributed by atoms with van der Waals surface area (Å²) in [5, 5.41) is 3.45. The molecule has 0 heterocycles. The first kappa shape index (κ1) is 16.3. The van der Waals surface area contributed by atoms with E-state index in [0.717, 1.165) is 11.1 Å². The van der Waals surface area contributed by atoms with Gasteiger partial charge in [-0.1, -0.05) is 60.1 Å². The lowest BCUT2D eigenvalue weighted by Gasteiger charge is -2.17. The van der Waals surface area contributed by atoms with Gasteiger partial charge in [-0.15, -0.1) is 0 Å². The van der Waals surface area contributed by atoms with Crippen molar-refractivity contribution in [1.29, 1.82) is 0 Å². The van der Waals surface area contributed by atoms with Gasteiger partial charge in [-0.05, 0) is 17.7 Å². The van der Waals surface area contributed by atoms with Gasteiger partial charge in [0.1, 0.15) is 6.10 Å². The van der Waals surface area contributed by atoms with Crippen LogP contribution in [0.2, 0.25) is 5.02 Å². The SMILES string of the molecule is COC(CNC(=O)C=Cc1ccccc1)c1ccccc1Cl. The molecule has 1 unspecified atom stereocenters. The van der Waals surface area contributed by atoms with E-state index in [9.17, 15) is 4.79 Å². The molecule has 1 N–H and O–H groups in total. The van der Waals surface area contributed by atoms with Crippen LogP contribution in [0.15, 0.2) is 60.7 Å². The summed E-state index contributed by atoms with van der Waals surface area (Å²) in [5.74, 6) is -0.169. The topological polar surface area (TPSA) is 38.3 Å². The van der Waals surface area contributed by atoms with Gasteiger partial charge in [0.25, 0.3) is 0 Å². The van der Waals surface area contributed by atoms with Crippen LogP contribution in [0.5, 0.6) is 0 Å². The van der Waals surface area contributed by atoms with E-state index in [1.165, 1.54) is 6.08 Å². The van der Waals surface area contributed by atoms with E-state index in [2.05, 4.69) is 5.32 Å². The second kappa shape index (κ2) is 8.37. The van der Waals surface area contributed by atoms with Gasteiger partial charge in [0, 0.05) is 30.3 Å². The fourth-order valence-electron chi connectivity index (χ4n) is 2.04. The Kier molecular flexibility index (Phi) is 6.19. The molecule has 4 heteroatoms. The monoisotopic (exact) mass is 315 g/mol. The van der Waals surface area contributed by atoms with Gasteiger partial charge in [0.2, 0.25) is 5.91 Å². The van der Waals surface area contributed by atoms with Crippen molar-refractivity contribution in [3.8, 4) is 0 Å². The van der Waals surface area contributed by atoms with Crippen LogP contribution in [0.25, 0.3) is 6.08 Å². The molecule has 114 valence electrons. The molecule has 0 spiro atoms. The number of carbonyl (C=O) groups is 1. The highest BCUT2D eigenvalue weighted by Gasteiger charge is 2.14. The highest BCUT2D eigenvalue weighted by Crippen LogP contribution is 2.24. The maximum Gasteiger partial charge on any atom is 0.244 e. The third-order valence-corrected chi connectivity index (χ3v) is 3.57. The standard InChI is InChI=1S/C18H18ClNO2/c1-22-17(15-9-5-6-10-16(15)19)13-20-18(21)12-11-14-7-3-2-4-8-14/h2-12,17H,13H2,1H3,(H,20,21). The molecular formula is C18H18ClNO2. The molecule has 0 saturated heterocycles. The van der Waals surface area contributed by atoms with Gasteiger partial charge < -0.3 is 10.1 Å². The Morgan fingerprint density at radius 2 is 1.86 bits per heavy atom. The predicted octanol–water partition coefficient (Wildman–Crippen LogP) is 3.86. The molecule has 2 aromatic carbocycles. The zero-order chi connectivity index (χ0) is 15.8. The second-order valence-electron chi connectivity index (χ2n) is 4.74. The van der Waals surface area contributed by atoms with E-state index >= 15 is 0 Å². The van der Waals surface area contributed by atoms with Crippen LogP contribution in [0.4, 0.5) is 0 Å². The lowest BCUT2D eigenvalue weighted by Crippen LogP contribution is -2.27. The number of carbonyl (C=O) groups excluding carboxylic acids is 1. The van der Waals surface area contributed by atoms with Gasteiger partial charge in [-0.2, -0.15) is 0 Å². The summed E-state index contributed by atoms with van der Waals surface area (Å²) in [4.78, 5) is 11.9. The fraction of sp³-hybridized carbons (Fsp3) is 0.167. The molecule has 0 aliphatic heterocycles. The van der Waals surface area contributed by atoms with Crippen molar-refractivity contribution in [1.82, 2.24) is 5.32 Å². The quantitative estimate of drug-likeness (QED) is 0.822. The second-order valence-corrected chi connectivity index (χ2v) is 5.14. The molecule has 0 aliphatic rings. The predicted molar refractivity (Wildman–Crippen MR) is 89.7 cm³/mol. The molecule has 0 aliphatic carbocycles. The van der Waals surface area contributed by atoms with Crippen LogP contribution in [-0.2, 0) is 9.53 Å². The summed E-state index contributed by atoms with van der Waals surface area (Å²) in [6.07, 6.45) is 3.00. The van der Waals surface area contributed by atoms with Gasteiger partial charge in [0.15, 0.2) is 0 Å². The molecule has 2 aromatic rings. The molecule has 1 atom stereocenters. The summed E-state index contributed by atoms with van der Waals surface area (Å²) in [5.41, 5.74) is 1.84. The Bertz CT molecular complexity index is 641. The van der Waals surface area contributed by atoms with Crippen molar-refractivity contribution < 1.29 is 9.53 Å². The number of hydrogen-bond donors (Lipinski definition) is 1. The minimum atomic E-state index is -0.275. The van der Waals surface area contributed by atoms with Crippen LogP contribution >= 0.6 is 11.6 Å². The Labute approximate surface area is 135 Å². The summed E-state index contributed by atoms with van der Waals surface area (Å²) < 4.78 is 5.41. The van der Waals surface area contributed by atoms with Crippen LogP contribution in [0.1, 0.15) is 17.2 Å². The number of rotatable bonds is 6. The largest absolute Gasteiger partial charge is 0.375 e. The molecule has 1 amide bonds. The molecule has 0 radical (unpaired) electrons. The van der Waals surface area contributed by atoms with Crippen LogP contribution in [0, 0.1) is 0 Å². The molecule has 3 nitrogen and oxygen atoms in total. The molecule has 0 aromatic heterocycles. The van der Waals surface area contributed by atoms with E-state index in [1.54, 1.807) is 19.3 Å². The fourth-order valence-corrected chi connectivity index (χ4v) is 2.30. The number of halogens is 1. The van der Waals surface area contributed by atoms with Crippen molar-refractivity contribution >= 4 is 23.6 Å². The molecule has 0 saturated carbocycles. The maximum absolute atomic E-state index is 11.9. The minimum Gasteiger partial charge on any atom is -0.375 e. The summed E-state index contributed by atoms with van der Waals surface area (Å²) in [6.45, 7) is 0.359. The Morgan fingerprint density at radius 3 is 2.55 bits per heavy atom. The van der Waals surface area contributed by atoms with Gasteiger partial charge in [-0.25, -0.2) is 0 Å². The van der Waals surface area contributed by atoms with Crippen molar-refractivity contribution in [2.24, 2.45) is 0 Å². The average molecular weight is 316 g/mol. The highest BCUT2D eigenvalue weighted by molar-refractivity contribution is 6.31. The number of nitrogens with one attached hydrogen (secondary N) is 1. The molecule has 0 fully saturated rings. The molecule has 2 rings (SSSR count). The lowest BCUT2D eigenvalue weighted by atomic mass is 10.1. The first-order chi connectivity index (χ1) is 10.7. The number of ether oxygens (including phenoxy) is 1. The van der Waals surface area contributed by atoms with Gasteiger partial charge >= 0.3 is 0 Å². The normalized spacial score (nSPS) is 12.3. The lowest BCUT2D eigenvalue weighted by molar-refractivity contribution is -0.117. The van der Waals surface area contributed by atoms with Crippen molar-refractivity contribution in [2.45, 2.75) is 6.10 Å². The Morgan fingerprint density at radius 1 is 1.18 bits per heavy atom. The van der Waals surface area contributed by atoms with E-state index in [4.69, 9.17) is 16.3 Å². The third-order valence-electron chi connectivity index (χ3n) is 3.23. The summed E-state index contributed by atoms with van der Waals surface area (Å²) in [6, 6.07) is 17.1. The van der Waals surface area contributed by atoms with Crippen molar-refractivity contribution in [3.63, 3.8) is 0 Å². The smallest absolute Gasteiger partial charge is 0.244 e. The zero-order valence-electron chi connectivity index (χ0n) is 12.3. The van der Waals surface area contributed by atoms with Gasteiger partial charge in [-0.3, -0.25) is 4.79 Å².